The van der Waals surface area contributed by atoms with Gasteiger partial charge in [0.05, 0.1) is 0 Å². The van der Waals surface area contributed by atoms with Gasteiger partial charge >= 0.3 is 0 Å². The maximum atomic E-state index is 14.6. The molecular weight excluding hydrogens is 175 g/mol. The minimum atomic E-state index is -1.05. The van der Waals surface area contributed by atoms with E-state index in [1.54, 1.807) is 6.92 Å². The van der Waals surface area contributed by atoms with Gasteiger partial charge in [-0.05, 0) is 25.2 Å². The molecule has 0 aliphatic heterocycles. The number of rotatable bonds is 5. The van der Waals surface area contributed by atoms with Crippen LogP contribution in [-0.4, -0.2) is 5.67 Å². The minimum absolute atomic E-state index is 0.219. The van der Waals surface area contributed by atoms with Crippen molar-refractivity contribution in [3.05, 3.63) is 0 Å². The first-order chi connectivity index (χ1) is 6.20. The van der Waals surface area contributed by atoms with Crippen LogP contribution < -0.4 is 0 Å². The summed E-state index contributed by atoms with van der Waals surface area (Å²) in [6.45, 7) is 14.5. The van der Waals surface area contributed by atoms with Crippen LogP contribution in [0.4, 0.5) is 4.39 Å². The highest BCUT2D eigenvalue weighted by Crippen LogP contribution is 2.49. The predicted octanol–water partition coefficient (Wildman–Crippen LogP) is 4.83. The molecule has 0 radical (unpaired) electrons. The molecule has 0 aromatic rings. The Balaban J connectivity index is 4.99. The van der Waals surface area contributed by atoms with Gasteiger partial charge in [-0.25, -0.2) is 4.39 Å². The summed E-state index contributed by atoms with van der Waals surface area (Å²) < 4.78 is 14.6. The first kappa shape index (κ1) is 13.9. The maximum absolute atomic E-state index is 14.6. The van der Waals surface area contributed by atoms with E-state index in [-0.39, 0.29) is 5.41 Å². The molecule has 86 valence electrons. The molecule has 0 saturated carbocycles. The molecule has 14 heavy (non-hydrogen) atoms. The van der Waals surface area contributed by atoms with E-state index in [0.29, 0.717) is 18.3 Å². The van der Waals surface area contributed by atoms with Crippen LogP contribution in [-0.2, 0) is 0 Å². The molecular formula is C13H27F. The Bertz CT molecular complexity index is 160. The van der Waals surface area contributed by atoms with Crippen LogP contribution in [0, 0.1) is 17.3 Å². The van der Waals surface area contributed by atoms with Crippen LogP contribution in [0.15, 0.2) is 0 Å². The second-order valence-electron chi connectivity index (χ2n) is 5.54. The standard InChI is InChI=1S/C13H27F/c1-8-9-12(6,14)13(7,10(2)3)11(4)5/h10-11H,8-9H2,1-7H3. The Kier molecular flexibility index (Phi) is 4.61. The first-order valence-corrected chi connectivity index (χ1v) is 5.89. The molecule has 1 atom stereocenters. The number of hydrogen-bond acceptors (Lipinski definition) is 0. The monoisotopic (exact) mass is 202 g/mol. The zero-order valence-electron chi connectivity index (χ0n) is 10.9. The Hall–Kier alpha value is -0.0700. The average Bonchev–Trinajstić information content (AvgIpc) is 2.01. The van der Waals surface area contributed by atoms with E-state index in [2.05, 4.69) is 41.5 Å². The van der Waals surface area contributed by atoms with Crippen LogP contribution >= 0.6 is 0 Å². The molecule has 0 aliphatic rings. The Morgan fingerprint density at radius 1 is 1.00 bits per heavy atom. The fourth-order valence-corrected chi connectivity index (χ4v) is 2.61. The fourth-order valence-electron chi connectivity index (χ4n) is 2.61. The quantitative estimate of drug-likeness (QED) is 0.599. The minimum Gasteiger partial charge on any atom is -0.244 e. The average molecular weight is 202 g/mol. The van der Waals surface area contributed by atoms with E-state index in [9.17, 15) is 4.39 Å². The van der Waals surface area contributed by atoms with Gasteiger partial charge in [0.2, 0.25) is 0 Å². The fraction of sp³-hybridized carbons (Fsp3) is 1.00. The highest BCUT2D eigenvalue weighted by atomic mass is 19.1. The van der Waals surface area contributed by atoms with Crippen molar-refractivity contribution in [2.45, 2.75) is 67.0 Å². The Morgan fingerprint density at radius 2 is 1.36 bits per heavy atom. The number of alkyl halides is 1. The summed E-state index contributed by atoms with van der Waals surface area (Å²) in [5.74, 6) is 0.757. The van der Waals surface area contributed by atoms with Crippen LogP contribution in [0.2, 0.25) is 0 Å². The van der Waals surface area contributed by atoms with Gasteiger partial charge in [0.1, 0.15) is 5.67 Å². The molecule has 0 saturated heterocycles. The van der Waals surface area contributed by atoms with Gasteiger partial charge in [-0.1, -0.05) is 48.0 Å². The van der Waals surface area contributed by atoms with Crippen molar-refractivity contribution in [3.63, 3.8) is 0 Å². The highest BCUT2D eigenvalue weighted by Gasteiger charge is 2.48. The lowest BCUT2D eigenvalue weighted by Gasteiger charge is -2.47. The van der Waals surface area contributed by atoms with Gasteiger partial charge in [-0.2, -0.15) is 0 Å². The first-order valence-electron chi connectivity index (χ1n) is 5.89. The summed E-state index contributed by atoms with van der Waals surface area (Å²) in [5, 5.41) is 0. The second-order valence-corrected chi connectivity index (χ2v) is 5.54. The Morgan fingerprint density at radius 3 is 1.57 bits per heavy atom. The summed E-state index contributed by atoms with van der Waals surface area (Å²) >= 11 is 0. The van der Waals surface area contributed by atoms with E-state index in [4.69, 9.17) is 0 Å². The summed E-state index contributed by atoms with van der Waals surface area (Å²) in [6.07, 6.45) is 1.59. The van der Waals surface area contributed by atoms with E-state index in [0.717, 1.165) is 6.42 Å². The molecule has 0 spiro atoms. The summed E-state index contributed by atoms with van der Waals surface area (Å²) in [5.41, 5.74) is -1.27. The predicted molar refractivity (Wildman–Crippen MR) is 62.2 cm³/mol. The third kappa shape index (κ3) is 2.29. The van der Waals surface area contributed by atoms with E-state index in [1.165, 1.54) is 0 Å². The molecule has 0 aromatic carbocycles. The van der Waals surface area contributed by atoms with Gasteiger partial charge in [0.15, 0.2) is 0 Å². The summed E-state index contributed by atoms with van der Waals surface area (Å²) in [4.78, 5) is 0. The lowest BCUT2D eigenvalue weighted by molar-refractivity contribution is -0.0585. The van der Waals surface area contributed by atoms with Gasteiger partial charge in [0, 0.05) is 5.41 Å². The van der Waals surface area contributed by atoms with Crippen molar-refractivity contribution in [1.29, 1.82) is 0 Å². The zero-order valence-corrected chi connectivity index (χ0v) is 10.9. The smallest absolute Gasteiger partial charge is 0.114 e. The molecule has 0 N–H and O–H groups in total. The second kappa shape index (κ2) is 4.63. The maximum Gasteiger partial charge on any atom is 0.114 e. The van der Waals surface area contributed by atoms with Crippen LogP contribution in [0.1, 0.15) is 61.3 Å². The molecule has 0 aromatic heterocycles. The van der Waals surface area contributed by atoms with Gasteiger partial charge in [-0.3, -0.25) is 0 Å². The van der Waals surface area contributed by atoms with Gasteiger partial charge < -0.3 is 0 Å². The molecule has 0 heterocycles. The molecule has 0 amide bonds. The van der Waals surface area contributed by atoms with Crippen molar-refractivity contribution >= 4 is 0 Å². The number of hydrogen-bond donors (Lipinski definition) is 0. The van der Waals surface area contributed by atoms with E-state index in [1.807, 2.05) is 0 Å². The lowest BCUT2D eigenvalue weighted by atomic mass is 9.60. The third-order valence-corrected chi connectivity index (χ3v) is 4.24. The van der Waals surface area contributed by atoms with Crippen molar-refractivity contribution in [1.82, 2.24) is 0 Å². The third-order valence-electron chi connectivity index (χ3n) is 4.24. The lowest BCUT2D eigenvalue weighted by Crippen LogP contribution is -2.47. The van der Waals surface area contributed by atoms with Crippen molar-refractivity contribution < 1.29 is 4.39 Å². The molecule has 0 nitrogen and oxygen atoms in total. The molecule has 0 rings (SSSR count). The normalized spacial score (nSPS) is 17.6. The van der Waals surface area contributed by atoms with Crippen molar-refractivity contribution in [2.75, 3.05) is 0 Å². The molecule has 0 fully saturated rings. The highest BCUT2D eigenvalue weighted by molar-refractivity contribution is 4.97. The van der Waals surface area contributed by atoms with Gasteiger partial charge in [0.25, 0.3) is 0 Å². The molecule has 1 heteroatoms. The van der Waals surface area contributed by atoms with E-state index < -0.39 is 5.67 Å². The largest absolute Gasteiger partial charge is 0.244 e. The molecule has 1 unspecified atom stereocenters. The number of halogens is 1. The zero-order chi connectivity index (χ0) is 11.6. The topological polar surface area (TPSA) is 0 Å². The van der Waals surface area contributed by atoms with Crippen LogP contribution in [0.25, 0.3) is 0 Å². The SMILES string of the molecule is CCCC(C)(F)C(C)(C(C)C)C(C)C. The van der Waals surface area contributed by atoms with E-state index >= 15 is 0 Å². The van der Waals surface area contributed by atoms with Crippen LogP contribution in [0.5, 0.6) is 0 Å². The van der Waals surface area contributed by atoms with Crippen LogP contribution in [0.3, 0.4) is 0 Å². The van der Waals surface area contributed by atoms with Crippen molar-refractivity contribution in [2.24, 2.45) is 17.3 Å². The van der Waals surface area contributed by atoms with Crippen molar-refractivity contribution in [3.8, 4) is 0 Å². The molecule has 0 bridgehead atoms. The summed E-state index contributed by atoms with van der Waals surface area (Å²) in [6, 6.07) is 0. The summed E-state index contributed by atoms with van der Waals surface area (Å²) in [7, 11) is 0. The van der Waals surface area contributed by atoms with Gasteiger partial charge in [-0.15, -0.1) is 0 Å². The molecule has 0 aliphatic carbocycles. The Labute approximate surface area is 89.3 Å².